The maximum Gasteiger partial charge on any atom is 0.323 e. The summed E-state index contributed by atoms with van der Waals surface area (Å²) in [5, 5.41) is 14.4. The molecule has 1 aliphatic heterocycles. The first-order valence-corrected chi connectivity index (χ1v) is 6.68. The minimum Gasteiger partial charge on any atom is -0.480 e. The van der Waals surface area contributed by atoms with Crippen LogP contribution in [0.1, 0.15) is 12.8 Å². The summed E-state index contributed by atoms with van der Waals surface area (Å²) in [5.74, 6) is -1.13. The number of hydrogen-bond acceptors (Lipinski definition) is 3. The van der Waals surface area contributed by atoms with Gasteiger partial charge in [0.25, 0.3) is 0 Å². The molecule has 0 aromatic heterocycles. The highest BCUT2D eigenvalue weighted by atomic mass is 16.4. The second-order valence-electron chi connectivity index (χ2n) is 4.80. The Hall–Kier alpha value is -2.57. The molecule has 0 aliphatic carbocycles. The van der Waals surface area contributed by atoms with E-state index >= 15 is 0 Å². The average Bonchev–Trinajstić information content (AvgIpc) is 2.48. The SMILES string of the molecule is O=C(O)CN(C(=O)NC1CCC(=O)NC1)c1ccccc1. The molecule has 1 saturated heterocycles. The number of benzene rings is 1. The molecule has 7 nitrogen and oxygen atoms in total. The van der Waals surface area contributed by atoms with Gasteiger partial charge < -0.3 is 15.7 Å². The van der Waals surface area contributed by atoms with Crippen molar-refractivity contribution < 1.29 is 19.5 Å². The number of amides is 3. The number of piperidine rings is 1. The summed E-state index contributed by atoms with van der Waals surface area (Å²) >= 11 is 0. The van der Waals surface area contributed by atoms with E-state index in [1.165, 1.54) is 4.90 Å². The van der Waals surface area contributed by atoms with Crippen LogP contribution < -0.4 is 15.5 Å². The van der Waals surface area contributed by atoms with Gasteiger partial charge in [0.2, 0.25) is 5.91 Å². The maximum atomic E-state index is 12.3. The predicted molar refractivity (Wildman–Crippen MR) is 76.0 cm³/mol. The first-order valence-electron chi connectivity index (χ1n) is 6.68. The van der Waals surface area contributed by atoms with E-state index in [4.69, 9.17) is 5.11 Å². The molecular weight excluding hydrogens is 274 g/mol. The normalized spacial score (nSPS) is 17.7. The number of carbonyl (C=O) groups is 3. The fourth-order valence-electron chi connectivity index (χ4n) is 2.13. The number of urea groups is 1. The van der Waals surface area contributed by atoms with Gasteiger partial charge in [-0.15, -0.1) is 0 Å². The topological polar surface area (TPSA) is 98.7 Å². The molecule has 1 aliphatic rings. The Labute approximate surface area is 121 Å². The smallest absolute Gasteiger partial charge is 0.323 e. The lowest BCUT2D eigenvalue weighted by atomic mass is 10.1. The summed E-state index contributed by atoms with van der Waals surface area (Å²) in [6, 6.07) is 7.93. The van der Waals surface area contributed by atoms with E-state index in [2.05, 4.69) is 10.6 Å². The number of nitrogens with one attached hydrogen (secondary N) is 2. The summed E-state index contributed by atoms with van der Waals surface area (Å²) in [6.07, 6.45) is 0.905. The third-order valence-corrected chi connectivity index (χ3v) is 3.20. The third-order valence-electron chi connectivity index (χ3n) is 3.20. The summed E-state index contributed by atoms with van der Waals surface area (Å²) in [5.41, 5.74) is 0.511. The van der Waals surface area contributed by atoms with E-state index in [0.717, 1.165) is 0 Å². The highest BCUT2D eigenvalue weighted by Crippen LogP contribution is 2.14. The van der Waals surface area contributed by atoms with Crippen LogP contribution in [0.2, 0.25) is 0 Å². The number of carbonyl (C=O) groups excluding carboxylic acids is 2. The van der Waals surface area contributed by atoms with Crippen molar-refractivity contribution in [3.63, 3.8) is 0 Å². The molecule has 0 saturated carbocycles. The van der Waals surface area contributed by atoms with Crippen LogP contribution >= 0.6 is 0 Å². The molecule has 1 atom stereocenters. The van der Waals surface area contributed by atoms with Crippen molar-refractivity contribution in [1.29, 1.82) is 0 Å². The van der Waals surface area contributed by atoms with Crippen LogP contribution in [0, 0.1) is 0 Å². The van der Waals surface area contributed by atoms with Crippen molar-refractivity contribution in [3.05, 3.63) is 30.3 Å². The number of carboxylic acids is 1. The molecule has 1 aromatic carbocycles. The van der Waals surface area contributed by atoms with Gasteiger partial charge >= 0.3 is 12.0 Å². The summed E-state index contributed by atoms with van der Waals surface area (Å²) in [6.45, 7) is -0.0603. The molecule has 0 radical (unpaired) electrons. The van der Waals surface area contributed by atoms with Crippen molar-refractivity contribution >= 4 is 23.6 Å². The van der Waals surface area contributed by atoms with Gasteiger partial charge in [0.15, 0.2) is 0 Å². The number of nitrogens with zero attached hydrogens (tertiary/aromatic N) is 1. The summed E-state index contributed by atoms with van der Waals surface area (Å²) < 4.78 is 0. The van der Waals surface area contributed by atoms with Gasteiger partial charge in [0.1, 0.15) is 6.54 Å². The number of hydrogen-bond donors (Lipinski definition) is 3. The van der Waals surface area contributed by atoms with Gasteiger partial charge in [-0.05, 0) is 18.6 Å². The van der Waals surface area contributed by atoms with Gasteiger partial charge in [-0.2, -0.15) is 0 Å². The average molecular weight is 291 g/mol. The fourth-order valence-corrected chi connectivity index (χ4v) is 2.13. The lowest BCUT2D eigenvalue weighted by Gasteiger charge is -2.27. The van der Waals surface area contributed by atoms with Crippen LogP contribution in [0.3, 0.4) is 0 Å². The van der Waals surface area contributed by atoms with Gasteiger partial charge in [-0.3, -0.25) is 14.5 Å². The van der Waals surface area contributed by atoms with E-state index in [1.807, 2.05) is 0 Å². The van der Waals surface area contributed by atoms with Gasteiger partial charge in [0, 0.05) is 24.7 Å². The molecule has 3 N–H and O–H groups in total. The second kappa shape index (κ2) is 6.74. The van der Waals surface area contributed by atoms with E-state index in [0.29, 0.717) is 25.1 Å². The Morgan fingerprint density at radius 1 is 1.33 bits per heavy atom. The molecular formula is C14H17N3O4. The summed E-state index contributed by atoms with van der Waals surface area (Å²) in [7, 11) is 0. The first-order chi connectivity index (χ1) is 10.1. The highest BCUT2D eigenvalue weighted by Gasteiger charge is 2.24. The third kappa shape index (κ3) is 4.20. The van der Waals surface area contributed by atoms with E-state index in [-0.39, 0.29) is 11.9 Å². The second-order valence-corrected chi connectivity index (χ2v) is 4.80. The Kier molecular flexibility index (Phi) is 4.76. The van der Waals surface area contributed by atoms with Crippen LogP contribution in [0.5, 0.6) is 0 Å². The van der Waals surface area contributed by atoms with Crippen molar-refractivity contribution in [2.24, 2.45) is 0 Å². The van der Waals surface area contributed by atoms with Gasteiger partial charge in [0.05, 0.1) is 0 Å². The monoisotopic (exact) mass is 291 g/mol. The maximum absolute atomic E-state index is 12.3. The van der Waals surface area contributed by atoms with Crippen molar-refractivity contribution in [3.8, 4) is 0 Å². The van der Waals surface area contributed by atoms with E-state index in [9.17, 15) is 14.4 Å². The Balaban J connectivity index is 2.04. The quantitative estimate of drug-likeness (QED) is 0.755. The van der Waals surface area contributed by atoms with Crippen molar-refractivity contribution in [1.82, 2.24) is 10.6 Å². The fraction of sp³-hybridized carbons (Fsp3) is 0.357. The van der Waals surface area contributed by atoms with Crippen molar-refractivity contribution in [2.75, 3.05) is 18.0 Å². The molecule has 1 heterocycles. The Morgan fingerprint density at radius 3 is 2.62 bits per heavy atom. The van der Waals surface area contributed by atoms with Crippen molar-refractivity contribution in [2.45, 2.75) is 18.9 Å². The first kappa shape index (κ1) is 14.8. The van der Waals surface area contributed by atoms with Crippen LogP contribution in [0.4, 0.5) is 10.5 Å². The highest BCUT2D eigenvalue weighted by molar-refractivity contribution is 5.96. The Morgan fingerprint density at radius 2 is 2.05 bits per heavy atom. The standard InChI is InChI=1S/C14H17N3O4/c18-12-7-6-10(8-15-12)16-14(21)17(9-13(19)20)11-4-2-1-3-5-11/h1-5,10H,6-9H2,(H,15,18)(H,16,21)(H,19,20). The van der Waals surface area contributed by atoms with E-state index in [1.54, 1.807) is 30.3 Å². The number of para-hydroxylation sites is 1. The molecule has 7 heteroatoms. The molecule has 1 unspecified atom stereocenters. The molecule has 112 valence electrons. The van der Waals surface area contributed by atoms with Gasteiger partial charge in [-0.25, -0.2) is 4.79 Å². The molecule has 0 bridgehead atoms. The zero-order valence-electron chi connectivity index (χ0n) is 11.4. The minimum atomic E-state index is -1.09. The number of carboxylic acid groups (broad SMARTS) is 1. The van der Waals surface area contributed by atoms with Crippen LogP contribution in [-0.4, -0.2) is 42.1 Å². The predicted octanol–water partition coefficient (Wildman–Crippen LogP) is 0.566. The van der Waals surface area contributed by atoms with Crippen LogP contribution in [0.15, 0.2) is 30.3 Å². The lowest BCUT2D eigenvalue weighted by molar-refractivity contribution is -0.135. The molecule has 1 fully saturated rings. The van der Waals surface area contributed by atoms with Crippen LogP contribution in [0.25, 0.3) is 0 Å². The number of anilines is 1. The zero-order valence-corrected chi connectivity index (χ0v) is 11.4. The molecule has 2 rings (SSSR count). The molecule has 21 heavy (non-hydrogen) atoms. The zero-order chi connectivity index (χ0) is 15.2. The number of aliphatic carboxylic acids is 1. The Bertz CT molecular complexity index is 522. The largest absolute Gasteiger partial charge is 0.480 e. The minimum absolute atomic E-state index is 0.0362. The molecule has 0 spiro atoms. The number of rotatable bonds is 4. The van der Waals surface area contributed by atoms with Crippen LogP contribution in [-0.2, 0) is 9.59 Å². The lowest BCUT2D eigenvalue weighted by Crippen LogP contribution is -2.52. The van der Waals surface area contributed by atoms with Gasteiger partial charge in [-0.1, -0.05) is 18.2 Å². The summed E-state index contributed by atoms with van der Waals surface area (Å²) in [4.78, 5) is 35.5. The van der Waals surface area contributed by atoms with E-state index < -0.39 is 18.5 Å². The molecule has 1 aromatic rings. The molecule has 3 amide bonds.